The van der Waals surface area contributed by atoms with Crippen molar-refractivity contribution in [3.05, 3.63) is 46.9 Å². The van der Waals surface area contributed by atoms with Gasteiger partial charge >= 0.3 is 5.97 Å². The first kappa shape index (κ1) is 18.9. The summed E-state index contributed by atoms with van der Waals surface area (Å²) in [4.78, 5) is 17.0. The van der Waals surface area contributed by atoms with Crippen molar-refractivity contribution in [3.8, 4) is 16.9 Å². The van der Waals surface area contributed by atoms with Gasteiger partial charge in [0.1, 0.15) is 5.75 Å². The number of hydrogen-bond donors (Lipinski definition) is 0. The molecule has 0 spiro atoms. The van der Waals surface area contributed by atoms with Gasteiger partial charge in [-0.05, 0) is 44.4 Å². The molecule has 0 saturated carbocycles. The van der Waals surface area contributed by atoms with Crippen LogP contribution >= 0.6 is 0 Å². The van der Waals surface area contributed by atoms with Crippen LogP contribution in [0.3, 0.4) is 0 Å². The van der Waals surface area contributed by atoms with Crippen LogP contribution in [0.2, 0.25) is 0 Å². The second-order valence-corrected chi connectivity index (χ2v) is 6.79. The molecule has 27 heavy (non-hydrogen) atoms. The molecule has 0 aliphatic rings. The van der Waals surface area contributed by atoms with E-state index in [0.29, 0.717) is 17.9 Å². The first-order valence-electron chi connectivity index (χ1n) is 9.10. The van der Waals surface area contributed by atoms with Gasteiger partial charge in [-0.1, -0.05) is 26.0 Å². The number of nitrogens with zero attached hydrogens (tertiary/aromatic N) is 3. The van der Waals surface area contributed by atoms with E-state index in [1.54, 1.807) is 20.1 Å². The van der Waals surface area contributed by atoms with Crippen molar-refractivity contribution in [2.75, 3.05) is 13.7 Å². The molecule has 2 aromatic heterocycles. The van der Waals surface area contributed by atoms with Gasteiger partial charge in [0.15, 0.2) is 11.3 Å². The molecule has 0 amide bonds. The molecule has 0 unspecified atom stereocenters. The van der Waals surface area contributed by atoms with Crippen molar-refractivity contribution in [1.82, 2.24) is 14.6 Å². The molecule has 0 radical (unpaired) electrons. The van der Waals surface area contributed by atoms with Crippen LogP contribution in [-0.4, -0.2) is 34.3 Å². The van der Waals surface area contributed by atoms with Crippen molar-refractivity contribution < 1.29 is 14.3 Å². The summed E-state index contributed by atoms with van der Waals surface area (Å²) in [6, 6.07) is 7.67. The lowest BCUT2D eigenvalue weighted by molar-refractivity contribution is 0.0519. The summed E-state index contributed by atoms with van der Waals surface area (Å²) < 4.78 is 12.6. The second-order valence-electron chi connectivity index (χ2n) is 6.79. The van der Waals surface area contributed by atoms with Crippen LogP contribution in [0.1, 0.15) is 54.1 Å². The van der Waals surface area contributed by atoms with E-state index in [4.69, 9.17) is 14.6 Å². The fraction of sp³-hybridized carbons (Fsp3) is 0.381. The van der Waals surface area contributed by atoms with Crippen LogP contribution in [0, 0.1) is 13.8 Å². The number of rotatable bonds is 5. The highest BCUT2D eigenvalue weighted by Crippen LogP contribution is 2.38. The van der Waals surface area contributed by atoms with E-state index in [9.17, 15) is 4.79 Å². The van der Waals surface area contributed by atoms with E-state index in [2.05, 4.69) is 18.8 Å². The van der Waals surface area contributed by atoms with Crippen LogP contribution in [0.5, 0.6) is 5.75 Å². The molecule has 2 heterocycles. The molecular weight excluding hydrogens is 342 g/mol. The van der Waals surface area contributed by atoms with Crippen molar-refractivity contribution in [2.24, 2.45) is 0 Å². The normalized spacial score (nSPS) is 11.2. The molecule has 6 heteroatoms. The maximum atomic E-state index is 12.4. The van der Waals surface area contributed by atoms with E-state index in [1.165, 1.54) is 0 Å². The summed E-state index contributed by atoms with van der Waals surface area (Å²) >= 11 is 0. The molecule has 3 rings (SSSR count). The van der Waals surface area contributed by atoms with Crippen LogP contribution in [-0.2, 0) is 4.74 Å². The summed E-state index contributed by atoms with van der Waals surface area (Å²) in [5, 5.41) is 4.72. The fourth-order valence-electron chi connectivity index (χ4n) is 3.29. The molecular formula is C21H25N3O3. The third-order valence-electron chi connectivity index (χ3n) is 4.57. The summed E-state index contributed by atoms with van der Waals surface area (Å²) in [6.07, 6.45) is 0. The monoisotopic (exact) mass is 367 g/mol. The molecule has 0 atom stereocenters. The van der Waals surface area contributed by atoms with Gasteiger partial charge < -0.3 is 9.47 Å². The number of esters is 1. The predicted molar refractivity (Wildman–Crippen MR) is 104 cm³/mol. The quantitative estimate of drug-likeness (QED) is 0.628. The third kappa shape index (κ3) is 3.27. The van der Waals surface area contributed by atoms with Crippen LogP contribution in [0.25, 0.3) is 16.8 Å². The van der Waals surface area contributed by atoms with Crippen LogP contribution in [0.4, 0.5) is 0 Å². The molecule has 0 N–H and O–H groups in total. The number of aryl methyl sites for hydroxylation is 2. The molecule has 0 aliphatic carbocycles. The maximum Gasteiger partial charge on any atom is 0.357 e. The summed E-state index contributed by atoms with van der Waals surface area (Å²) in [6.45, 7) is 10.2. The smallest absolute Gasteiger partial charge is 0.357 e. The maximum absolute atomic E-state index is 12.4. The molecule has 0 fully saturated rings. The number of fused-ring (bicyclic) bond motifs is 1. The first-order chi connectivity index (χ1) is 12.9. The van der Waals surface area contributed by atoms with Crippen molar-refractivity contribution in [3.63, 3.8) is 0 Å². The Labute approximate surface area is 159 Å². The van der Waals surface area contributed by atoms with Crippen molar-refractivity contribution in [2.45, 2.75) is 40.5 Å². The van der Waals surface area contributed by atoms with Crippen molar-refractivity contribution >= 4 is 11.6 Å². The second kappa shape index (κ2) is 7.39. The van der Waals surface area contributed by atoms with E-state index < -0.39 is 5.97 Å². The zero-order valence-electron chi connectivity index (χ0n) is 16.7. The summed E-state index contributed by atoms with van der Waals surface area (Å²) in [5.41, 5.74) is 5.54. The number of carbonyl (C=O) groups excluding carboxylic acids is 1. The Bertz CT molecular complexity index is 1010. The SMILES string of the molecule is CCOC(=O)c1cc(C(C)C)n2nc(C)c(-c3c(C)cccc3OC)c2n1. The van der Waals surface area contributed by atoms with Crippen LogP contribution < -0.4 is 4.74 Å². The molecule has 3 aromatic rings. The predicted octanol–water partition coefficient (Wildman–Crippen LogP) is 4.32. The minimum atomic E-state index is -0.427. The van der Waals surface area contributed by atoms with E-state index in [-0.39, 0.29) is 5.92 Å². The molecule has 6 nitrogen and oxygen atoms in total. The van der Waals surface area contributed by atoms with Gasteiger partial charge in [-0.25, -0.2) is 14.3 Å². The van der Waals surface area contributed by atoms with Gasteiger partial charge in [0.2, 0.25) is 0 Å². The summed E-state index contributed by atoms with van der Waals surface area (Å²) in [7, 11) is 1.65. The van der Waals surface area contributed by atoms with Gasteiger partial charge in [0.05, 0.1) is 25.0 Å². The standard InChI is InChI=1S/C21H25N3O3/c1-7-27-21(25)15-11-16(12(2)3)24-20(22-15)19(14(5)23-24)18-13(4)9-8-10-17(18)26-6/h8-12H,7H2,1-6H3. The molecule has 142 valence electrons. The Morgan fingerprint density at radius 1 is 1.22 bits per heavy atom. The van der Waals surface area contributed by atoms with E-state index in [1.807, 2.05) is 36.6 Å². The lowest BCUT2D eigenvalue weighted by atomic mass is 9.99. The van der Waals surface area contributed by atoms with E-state index >= 15 is 0 Å². The van der Waals surface area contributed by atoms with Gasteiger partial charge in [0.25, 0.3) is 0 Å². The number of benzene rings is 1. The Balaban J connectivity index is 2.38. The average Bonchev–Trinajstić information content (AvgIpc) is 2.96. The van der Waals surface area contributed by atoms with Gasteiger partial charge in [-0.15, -0.1) is 0 Å². The molecule has 0 bridgehead atoms. The topological polar surface area (TPSA) is 65.7 Å². The fourth-order valence-corrected chi connectivity index (χ4v) is 3.29. The zero-order valence-corrected chi connectivity index (χ0v) is 16.7. The Hall–Kier alpha value is -2.89. The Kier molecular flexibility index (Phi) is 5.17. The first-order valence-corrected chi connectivity index (χ1v) is 9.10. The molecule has 0 saturated heterocycles. The molecule has 1 aromatic carbocycles. The van der Waals surface area contributed by atoms with Crippen LogP contribution in [0.15, 0.2) is 24.3 Å². The Morgan fingerprint density at radius 2 is 1.96 bits per heavy atom. The highest BCUT2D eigenvalue weighted by Gasteiger charge is 2.23. The highest BCUT2D eigenvalue weighted by atomic mass is 16.5. The van der Waals surface area contributed by atoms with Gasteiger partial charge in [-0.2, -0.15) is 5.10 Å². The van der Waals surface area contributed by atoms with Crippen molar-refractivity contribution in [1.29, 1.82) is 0 Å². The minimum absolute atomic E-state index is 0.162. The Morgan fingerprint density at radius 3 is 2.59 bits per heavy atom. The van der Waals surface area contributed by atoms with Gasteiger partial charge in [0, 0.05) is 11.3 Å². The number of hydrogen-bond acceptors (Lipinski definition) is 5. The number of aromatic nitrogens is 3. The summed E-state index contributed by atoms with van der Waals surface area (Å²) in [5.74, 6) is 0.487. The third-order valence-corrected chi connectivity index (χ3v) is 4.57. The number of carbonyl (C=O) groups is 1. The number of ether oxygens (including phenoxy) is 2. The highest BCUT2D eigenvalue weighted by molar-refractivity contribution is 5.91. The largest absolute Gasteiger partial charge is 0.496 e. The minimum Gasteiger partial charge on any atom is -0.496 e. The zero-order chi connectivity index (χ0) is 19.7. The average molecular weight is 367 g/mol. The lowest BCUT2D eigenvalue weighted by Crippen LogP contribution is -2.12. The lowest BCUT2D eigenvalue weighted by Gasteiger charge is -2.13. The number of methoxy groups -OCH3 is 1. The van der Waals surface area contributed by atoms with E-state index in [0.717, 1.165) is 33.8 Å². The molecule has 0 aliphatic heterocycles. The van der Waals surface area contributed by atoms with Gasteiger partial charge in [-0.3, -0.25) is 0 Å².